The van der Waals surface area contributed by atoms with Crippen LogP contribution in [0.3, 0.4) is 0 Å². The average molecular weight is 719 g/mol. The van der Waals surface area contributed by atoms with E-state index < -0.39 is 29.1 Å². The number of benzene rings is 3. The van der Waals surface area contributed by atoms with Gasteiger partial charge in [0, 0.05) is 48.6 Å². The number of hydrogen-bond donors (Lipinski definition) is 3. The van der Waals surface area contributed by atoms with Gasteiger partial charge in [0.1, 0.15) is 28.6 Å². The van der Waals surface area contributed by atoms with Gasteiger partial charge in [0.2, 0.25) is 5.90 Å². The van der Waals surface area contributed by atoms with Crippen molar-refractivity contribution in [2.24, 2.45) is 10.1 Å². The molecule has 0 aliphatic carbocycles. The van der Waals surface area contributed by atoms with Gasteiger partial charge in [-0.1, -0.05) is 29.4 Å². The number of hydrazine groups is 1. The second-order valence-electron chi connectivity index (χ2n) is 12.8. The van der Waals surface area contributed by atoms with Crippen molar-refractivity contribution in [2.75, 3.05) is 34.5 Å². The van der Waals surface area contributed by atoms with E-state index in [1.807, 2.05) is 0 Å². The Hall–Kier alpha value is -5.50. The summed E-state index contributed by atoms with van der Waals surface area (Å²) in [5, 5.41) is 12.9. The molecule has 278 valence electrons. The molecule has 3 aromatic carbocycles. The summed E-state index contributed by atoms with van der Waals surface area (Å²) in [4.78, 5) is 35.6. The molecule has 1 heterocycles. The van der Waals surface area contributed by atoms with Crippen LogP contribution in [0.2, 0.25) is 0 Å². The van der Waals surface area contributed by atoms with Crippen molar-refractivity contribution in [3.63, 3.8) is 0 Å². The summed E-state index contributed by atoms with van der Waals surface area (Å²) in [6.45, 7) is 5.71. The number of aliphatic hydroxyl groups excluding tert-OH is 1. The highest BCUT2D eigenvalue weighted by Gasteiger charge is 2.54. The fourth-order valence-corrected chi connectivity index (χ4v) is 5.65. The van der Waals surface area contributed by atoms with E-state index in [4.69, 9.17) is 44.1 Å². The molecule has 1 aliphatic heterocycles. The van der Waals surface area contributed by atoms with Gasteiger partial charge >= 0.3 is 5.97 Å². The number of hydrogen-bond acceptors (Lipinski definition) is 12. The number of esters is 1. The number of carbonyl (C=O) groups excluding carboxylic acids is 2. The van der Waals surface area contributed by atoms with Crippen LogP contribution in [0.4, 0.5) is 0 Å². The maximum atomic E-state index is 14.6. The molecule has 15 heteroatoms. The number of rotatable bonds is 18. The average Bonchev–Trinajstić information content (AvgIpc) is 3.53. The Morgan fingerprint density at radius 1 is 1.02 bits per heavy atom. The maximum absolute atomic E-state index is 14.6. The second kappa shape index (κ2) is 18.1. The third-order valence-electron chi connectivity index (χ3n) is 8.09. The van der Waals surface area contributed by atoms with Gasteiger partial charge in [-0.15, -0.1) is 0 Å². The number of methoxy groups -OCH3 is 3. The van der Waals surface area contributed by atoms with Gasteiger partial charge in [-0.3, -0.25) is 15.0 Å². The van der Waals surface area contributed by atoms with Crippen molar-refractivity contribution in [1.82, 2.24) is 10.9 Å². The molecule has 0 saturated heterocycles. The molecule has 0 unspecified atom stereocenters. The Balaban J connectivity index is 1.77. The maximum Gasteiger partial charge on any atom is 0.306 e. The Morgan fingerprint density at radius 3 is 2.33 bits per heavy atom. The fourth-order valence-electron chi connectivity index (χ4n) is 5.65. The molecule has 0 fully saturated rings. The molecule has 0 aromatic heterocycles. The van der Waals surface area contributed by atoms with Gasteiger partial charge < -0.3 is 33.5 Å². The molecule has 1 amide bonds. The number of azide groups is 1. The Labute approximate surface area is 302 Å². The van der Waals surface area contributed by atoms with E-state index in [1.54, 1.807) is 81.4 Å². The fraction of sp³-hybridized carbons (Fsp3) is 0.432. The molecule has 0 radical (unpaired) electrons. The topological polar surface area (TPSA) is 195 Å². The summed E-state index contributed by atoms with van der Waals surface area (Å²) < 4.78 is 34.4. The highest BCUT2D eigenvalue weighted by molar-refractivity contribution is 6.01. The van der Waals surface area contributed by atoms with Crippen LogP contribution in [0, 0.1) is 0 Å². The third kappa shape index (κ3) is 9.84. The lowest BCUT2D eigenvalue weighted by molar-refractivity contribution is -0.155. The van der Waals surface area contributed by atoms with E-state index in [1.165, 1.54) is 21.3 Å². The number of aliphatic hydroxyl groups is 1. The predicted octanol–water partition coefficient (Wildman–Crippen LogP) is 5.48. The number of nitrogens with zero attached hydrogens (tertiary/aromatic N) is 4. The van der Waals surface area contributed by atoms with Crippen molar-refractivity contribution >= 4 is 17.8 Å². The molecule has 4 rings (SSSR count). The first-order chi connectivity index (χ1) is 25.0. The number of nitrogens with one attached hydrogen (secondary N) is 2. The van der Waals surface area contributed by atoms with Crippen LogP contribution in [-0.2, 0) is 32.2 Å². The Kier molecular flexibility index (Phi) is 13.7. The zero-order chi connectivity index (χ0) is 37.7. The van der Waals surface area contributed by atoms with Crippen LogP contribution in [0.25, 0.3) is 10.4 Å². The largest absolute Gasteiger partial charge is 0.496 e. The van der Waals surface area contributed by atoms with Crippen LogP contribution < -0.4 is 29.8 Å². The van der Waals surface area contributed by atoms with Gasteiger partial charge in [-0.2, -0.15) is 0 Å². The summed E-state index contributed by atoms with van der Waals surface area (Å²) in [6.07, 6.45) is -0.841. The molecule has 1 aliphatic rings. The standard InChI is InChI=1S/C37H46N6O9/c1-36(2,3)52-32(45)16-17-37(35(46)42-39-23-29-30(48-5)20-27(47-4)21-31(29)49-6)33(28-11-8-7-10-25(28)22-40-43-38)51-34(41-37)24-12-14-26(15-13-24)50-19-9-18-44/h7-8,10-15,20-21,33,39,44H,9,16-19,22-23H2,1-6H3,(H,42,46)/t33-,37-/m0/s1. The summed E-state index contributed by atoms with van der Waals surface area (Å²) in [7, 11) is 4.56. The van der Waals surface area contributed by atoms with Gasteiger partial charge in [0.25, 0.3) is 5.91 Å². The minimum atomic E-state index is -1.71. The molecule has 3 N–H and O–H groups in total. The van der Waals surface area contributed by atoms with Crippen molar-refractivity contribution in [1.29, 1.82) is 0 Å². The van der Waals surface area contributed by atoms with Gasteiger partial charge in [-0.25, -0.2) is 10.4 Å². The van der Waals surface area contributed by atoms with Crippen LogP contribution in [0.5, 0.6) is 23.0 Å². The molecular weight excluding hydrogens is 672 g/mol. The van der Waals surface area contributed by atoms with Gasteiger partial charge in [0.05, 0.1) is 40.0 Å². The highest BCUT2D eigenvalue weighted by atomic mass is 16.6. The van der Waals surface area contributed by atoms with Crippen molar-refractivity contribution in [3.8, 4) is 23.0 Å². The summed E-state index contributed by atoms with van der Waals surface area (Å²) in [6, 6.07) is 17.5. The molecule has 3 aromatic rings. The lowest BCUT2D eigenvalue weighted by Crippen LogP contribution is -2.53. The predicted molar refractivity (Wildman–Crippen MR) is 192 cm³/mol. The lowest BCUT2D eigenvalue weighted by Gasteiger charge is -2.32. The molecular formula is C37H46N6O9. The van der Waals surface area contributed by atoms with Gasteiger partial charge in [0.15, 0.2) is 11.6 Å². The molecule has 2 atom stereocenters. The smallest absolute Gasteiger partial charge is 0.306 e. The third-order valence-corrected chi connectivity index (χ3v) is 8.09. The second-order valence-corrected chi connectivity index (χ2v) is 12.8. The first kappa shape index (κ1) is 39.3. The van der Waals surface area contributed by atoms with E-state index in [0.717, 1.165) is 0 Å². The van der Waals surface area contributed by atoms with E-state index in [2.05, 4.69) is 20.9 Å². The monoisotopic (exact) mass is 718 g/mol. The number of amides is 1. The van der Waals surface area contributed by atoms with E-state index >= 15 is 0 Å². The molecule has 0 spiro atoms. The molecule has 52 heavy (non-hydrogen) atoms. The number of aliphatic imine (C=N–C) groups is 1. The normalized spacial score (nSPS) is 16.5. The minimum Gasteiger partial charge on any atom is -0.496 e. The van der Waals surface area contributed by atoms with Crippen LogP contribution in [0.1, 0.15) is 68.4 Å². The lowest BCUT2D eigenvalue weighted by atomic mass is 9.82. The summed E-state index contributed by atoms with van der Waals surface area (Å²) in [5.74, 6) is 1.09. The molecule has 0 saturated carbocycles. The Bertz CT molecular complexity index is 1740. The quantitative estimate of drug-likeness (QED) is 0.0378. The van der Waals surface area contributed by atoms with E-state index in [0.29, 0.717) is 58.3 Å². The number of carbonyl (C=O) groups is 2. The van der Waals surface area contributed by atoms with Crippen LogP contribution in [0.15, 0.2) is 70.8 Å². The van der Waals surface area contributed by atoms with E-state index in [9.17, 15) is 9.59 Å². The van der Waals surface area contributed by atoms with Crippen molar-refractivity contribution < 1.29 is 43.1 Å². The molecule has 15 nitrogen and oxygen atoms in total. The highest BCUT2D eigenvalue weighted by Crippen LogP contribution is 2.44. The first-order valence-corrected chi connectivity index (χ1v) is 16.7. The van der Waals surface area contributed by atoms with E-state index in [-0.39, 0.29) is 38.4 Å². The summed E-state index contributed by atoms with van der Waals surface area (Å²) >= 11 is 0. The molecule has 0 bridgehead atoms. The van der Waals surface area contributed by atoms with Crippen molar-refractivity contribution in [3.05, 3.63) is 93.4 Å². The SMILES string of the molecule is COc1cc(OC)c(CNNC(=O)[C@@]2(CCC(=O)OC(C)(C)C)N=C(c3ccc(OCCCO)cc3)O[C@H]2c2ccccc2CN=[N+]=[N-])c(OC)c1. The number of ether oxygens (including phenoxy) is 6. The van der Waals surface area contributed by atoms with Crippen LogP contribution in [-0.4, -0.2) is 68.6 Å². The zero-order valence-electron chi connectivity index (χ0n) is 30.3. The van der Waals surface area contributed by atoms with Gasteiger partial charge in [-0.05, 0) is 68.1 Å². The first-order valence-electron chi connectivity index (χ1n) is 16.7. The zero-order valence-corrected chi connectivity index (χ0v) is 30.3. The minimum absolute atomic E-state index is 0.00869. The van der Waals surface area contributed by atoms with Crippen LogP contribution >= 0.6 is 0 Å². The Morgan fingerprint density at radius 2 is 1.71 bits per heavy atom. The summed E-state index contributed by atoms with van der Waals surface area (Å²) in [5.41, 5.74) is 14.8. The van der Waals surface area contributed by atoms with Crippen molar-refractivity contribution in [2.45, 2.75) is 70.4 Å².